The van der Waals surface area contributed by atoms with E-state index in [0.717, 1.165) is 30.2 Å². The number of benzene rings is 1. The molecule has 2 atom stereocenters. The number of alkyl halides is 3. The van der Waals surface area contributed by atoms with Gasteiger partial charge in [-0.3, -0.25) is 14.5 Å². The van der Waals surface area contributed by atoms with Crippen molar-refractivity contribution in [2.75, 3.05) is 11.9 Å². The van der Waals surface area contributed by atoms with Crippen molar-refractivity contribution >= 4 is 35.1 Å². The molecule has 4 amide bonds. The molecule has 1 saturated carbocycles. The van der Waals surface area contributed by atoms with Crippen LogP contribution < -0.4 is 10.6 Å². The van der Waals surface area contributed by atoms with Crippen molar-refractivity contribution in [3.8, 4) is 0 Å². The van der Waals surface area contributed by atoms with E-state index >= 15 is 0 Å². The molecule has 0 bridgehead atoms. The smallest absolute Gasteiger partial charge is 0.325 e. The van der Waals surface area contributed by atoms with Gasteiger partial charge in [0.15, 0.2) is 0 Å². The van der Waals surface area contributed by atoms with Crippen molar-refractivity contribution in [2.24, 2.45) is 5.92 Å². The van der Waals surface area contributed by atoms with Crippen LogP contribution in [-0.2, 0) is 15.8 Å². The van der Waals surface area contributed by atoms with Gasteiger partial charge in [-0.2, -0.15) is 13.2 Å². The fourth-order valence-electron chi connectivity index (χ4n) is 3.80. The predicted molar refractivity (Wildman–Crippen MR) is 95.7 cm³/mol. The molecule has 28 heavy (non-hydrogen) atoms. The molecule has 1 aliphatic carbocycles. The first-order valence-electron chi connectivity index (χ1n) is 8.85. The minimum absolute atomic E-state index is 0.0589. The molecule has 6 nitrogen and oxygen atoms in total. The SMILES string of the molecule is C[C@@H]1CCCC[C@@]12NC(=O)N(CC(=O)Nc1ccc(Cl)c(C(F)(F)F)c1)C2=O. The van der Waals surface area contributed by atoms with Crippen LogP contribution in [-0.4, -0.2) is 34.8 Å². The van der Waals surface area contributed by atoms with Crippen LogP contribution in [0, 0.1) is 5.92 Å². The van der Waals surface area contributed by atoms with Crippen molar-refractivity contribution < 1.29 is 27.6 Å². The maximum Gasteiger partial charge on any atom is 0.417 e. The molecule has 0 radical (unpaired) electrons. The lowest BCUT2D eigenvalue weighted by atomic mass is 9.73. The summed E-state index contributed by atoms with van der Waals surface area (Å²) in [5.41, 5.74) is -2.22. The molecular weight excluding hydrogens is 399 g/mol. The van der Waals surface area contributed by atoms with Gasteiger partial charge >= 0.3 is 12.2 Å². The number of nitrogens with one attached hydrogen (secondary N) is 2. The maximum absolute atomic E-state index is 12.9. The Morgan fingerprint density at radius 2 is 2.07 bits per heavy atom. The zero-order chi connectivity index (χ0) is 20.7. The van der Waals surface area contributed by atoms with Crippen LogP contribution in [0.3, 0.4) is 0 Å². The van der Waals surface area contributed by atoms with E-state index in [9.17, 15) is 27.6 Å². The number of halogens is 4. The standard InChI is InChI=1S/C18H19ClF3N3O3/c1-10-4-2-3-7-17(10)15(27)25(16(28)24-17)9-14(26)23-11-5-6-13(19)12(8-11)18(20,21)22/h5-6,8,10H,2-4,7,9H2,1H3,(H,23,26)(H,24,28)/t10-,17-/m1/s1. The van der Waals surface area contributed by atoms with E-state index < -0.39 is 46.7 Å². The van der Waals surface area contributed by atoms with Gasteiger partial charge in [0.2, 0.25) is 5.91 Å². The highest BCUT2D eigenvalue weighted by Gasteiger charge is 2.55. The minimum atomic E-state index is -4.67. The van der Waals surface area contributed by atoms with Crippen LogP contribution in [0.15, 0.2) is 18.2 Å². The van der Waals surface area contributed by atoms with Crippen molar-refractivity contribution in [1.29, 1.82) is 0 Å². The highest BCUT2D eigenvalue weighted by Crippen LogP contribution is 2.38. The molecular formula is C18H19ClF3N3O3. The van der Waals surface area contributed by atoms with Crippen molar-refractivity contribution in [1.82, 2.24) is 10.2 Å². The number of rotatable bonds is 3. The zero-order valence-electron chi connectivity index (χ0n) is 15.0. The Morgan fingerprint density at radius 3 is 2.71 bits per heavy atom. The lowest BCUT2D eigenvalue weighted by molar-refractivity contribution is -0.137. The first kappa shape index (κ1) is 20.4. The molecule has 0 aromatic heterocycles. The Kier molecular flexibility index (Phi) is 5.31. The number of urea groups is 1. The number of carbonyl (C=O) groups is 3. The molecule has 0 unspecified atom stereocenters. The number of hydrogen-bond acceptors (Lipinski definition) is 3. The van der Waals surface area contributed by atoms with Gasteiger partial charge in [0.1, 0.15) is 12.1 Å². The van der Waals surface area contributed by atoms with E-state index in [0.29, 0.717) is 12.5 Å². The zero-order valence-corrected chi connectivity index (χ0v) is 15.8. The van der Waals surface area contributed by atoms with Gasteiger partial charge in [-0.15, -0.1) is 0 Å². The Morgan fingerprint density at radius 1 is 1.36 bits per heavy atom. The number of nitrogens with zero attached hydrogens (tertiary/aromatic N) is 1. The van der Waals surface area contributed by atoms with Crippen LogP contribution in [0.25, 0.3) is 0 Å². The summed E-state index contributed by atoms with van der Waals surface area (Å²) in [6.45, 7) is 1.30. The molecule has 1 aliphatic heterocycles. The topological polar surface area (TPSA) is 78.5 Å². The maximum atomic E-state index is 12.9. The first-order chi connectivity index (χ1) is 13.0. The molecule has 1 heterocycles. The summed E-state index contributed by atoms with van der Waals surface area (Å²) in [7, 11) is 0. The molecule has 3 rings (SSSR count). The lowest BCUT2D eigenvalue weighted by Gasteiger charge is -2.36. The second kappa shape index (κ2) is 7.27. The average molecular weight is 418 g/mol. The highest BCUT2D eigenvalue weighted by atomic mass is 35.5. The Balaban J connectivity index is 1.72. The Hall–Kier alpha value is -2.29. The first-order valence-corrected chi connectivity index (χ1v) is 9.23. The molecule has 2 fully saturated rings. The van der Waals surface area contributed by atoms with Gasteiger partial charge in [0.25, 0.3) is 5.91 Å². The average Bonchev–Trinajstić information content (AvgIpc) is 2.83. The minimum Gasteiger partial charge on any atom is -0.325 e. The van der Waals surface area contributed by atoms with Gasteiger partial charge in [0, 0.05) is 5.69 Å². The third-order valence-corrected chi connectivity index (χ3v) is 5.69. The number of anilines is 1. The molecule has 1 aromatic carbocycles. The molecule has 1 aromatic rings. The molecule has 1 saturated heterocycles. The van der Waals surface area contributed by atoms with Crippen LogP contribution in [0.2, 0.25) is 5.02 Å². The molecule has 2 N–H and O–H groups in total. The van der Waals surface area contributed by atoms with Gasteiger partial charge in [-0.05, 0) is 37.0 Å². The van der Waals surface area contributed by atoms with E-state index in [2.05, 4.69) is 10.6 Å². The molecule has 10 heteroatoms. The second-order valence-corrected chi connectivity index (χ2v) is 7.59. The summed E-state index contributed by atoms with van der Waals surface area (Å²) in [6.07, 6.45) is -1.63. The lowest BCUT2D eigenvalue weighted by Crippen LogP contribution is -2.54. The third kappa shape index (κ3) is 3.67. The number of imide groups is 1. The Labute approximate surface area is 164 Å². The van der Waals surface area contributed by atoms with Gasteiger partial charge < -0.3 is 10.6 Å². The highest BCUT2D eigenvalue weighted by molar-refractivity contribution is 6.31. The number of carbonyl (C=O) groups excluding carboxylic acids is 3. The summed E-state index contributed by atoms with van der Waals surface area (Å²) in [5.74, 6) is -1.30. The van der Waals surface area contributed by atoms with Crippen LogP contribution >= 0.6 is 11.6 Å². The summed E-state index contributed by atoms with van der Waals surface area (Å²) in [6, 6.07) is 2.27. The van der Waals surface area contributed by atoms with Gasteiger partial charge in [-0.25, -0.2) is 4.79 Å². The fourth-order valence-corrected chi connectivity index (χ4v) is 4.03. The summed E-state index contributed by atoms with van der Waals surface area (Å²) >= 11 is 5.55. The summed E-state index contributed by atoms with van der Waals surface area (Å²) < 4.78 is 38.8. The summed E-state index contributed by atoms with van der Waals surface area (Å²) in [4.78, 5) is 38.2. The van der Waals surface area contributed by atoms with E-state index in [-0.39, 0.29) is 11.6 Å². The van der Waals surface area contributed by atoms with Crippen LogP contribution in [0.1, 0.15) is 38.2 Å². The van der Waals surface area contributed by atoms with Crippen molar-refractivity contribution in [2.45, 2.75) is 44.3 Å². The van der Waals surface area contributed by atoms with Crippen molar-refractivity contribution in [3.63, 3.8) is 0 Å². The van der Waals surface area contributed by atoms with Crippen molar-refractivity contribution in [3.05, 3.63) is 28.8 Å². The van der Waals surface area contributed by atoms with E-state index in [1.54, 1.807) is 0 Å². The summed E-state index contributed by atoms with van der Waals surface area (Å²) in [5, 5.41) is 4.50. The largest absolute Gasteiger partial charge is 0.417 e. The van der Waals surface area contributed by atoms with E-state index in [1.165, 1.54) is 6.07 Å². The predicted octanol–water partition coefficient (Wildman–Crippen LogP) is 3.80. The quantitative estimate of drug-likeness (QED) is 0.734. The number of amides is 4. The molecule has 2 aliphatic rings. The monoisotopic (exact) mass is 417 g/mol. The second-order valence-electron chi connectivity index (χ2n) is 7.18. The molecule has 1 spiro atoms. The Bertz CT molecular complexity index is 830. The normalized spacial score (nSPS) is 25.2. The van der Waals surface area contributed by atoms with Gasteiger partial charge in [0.05, 0.1) is 10.6 Å². The molecule has 152 valence electrons. The van der Waals surface area contributed by atoms with E-state index in [1.807, 2.05) is 6.92 Å². The number of hydrogen-bond donors (Lipinski definition) is 2. The third-order valence-electron chi connectivity index (χ3n) is 5.36. The van der Waals surface area contributed by atoms with Crippen LogP contribution in [0.4, 0.5) is 23.7 Å². The van der Waals surface area contributed by atoms with E-state index in [4.69, 9.17) is 11.6 Å². The van der Waals surface area contributed by atoms with Gasteiger partial charge in [-0.1, -0.05) is 31.4 Å². The van der Waals surface area contributed by atoms with Crippen LogP contribution in [0.5, 0.6) is 0 Å². The fraction of sp³-hybridized carbons (Fsp3) is 0.500.